The Bertz CT molecular complexity index is 2280. The molecule has 4 unspecified atom stereocenters. The average Bonchev–Trinajstić information content (AvgIpc) is 3.99. The Morgan fingerprint density at radius 3 is 1.62 bits per heavy atom. The highest BCUT2D eigenvalue weighted by Crippen LogP contribution is 2.33. The number of halogens is 1. The minimum Gasteiger partial charge on any atom is -0.381 e. The smallest absolute Gasteiger partial charge is 0.276 e. The first-order chi connectivity index (χ1) is 26.2. The van der Waals surface area contributed by atoms with Crippen LogP contribution in [0.4, 0.5) is 0 Å². The standard InChI is InChI=1S/C17H25N5O4S.C15H21N5O2.C2H5ClO2S/c1-3-27(24,25)21-9-11(2)13(10-21)15-19-17(23)14-8-18-16(22(14)20-15)12-4-6-26-7-5-12;1-9-6-16-7-11(9)13-18-15(21)12-8-17-14(20(12)19-13)10-2-4-22-5-3-10;1-2-6(3,4)5/h8,11-13H,3-7,9-10H2,1-2H3,(H,19,20,23);8-11,16H,2-7H2,1H3,(H,18,19,21);2H2,1H3. The number of rotatable bonds is 7. The van der Waals surface area contributed by atoms with Gasteiger partial charge in [0.2, 0.25) is 19.1 Å². The second-order valence-electron chi connectivity index (χ2n) is 14.6. The van der Waals surface area contributed by atoms with Crippen molar-refractivity contribution in [3.05, 3.63) is 56.4 Å². The van der Waals surface area contributed by atoms with Crippen molar-refractivity contribution in [1.82, 2.24) is 48.8 Å². The highest BCUT2D eigenvalue weighted by Gasteiger charge is 2.38. The van der Waals surface area contributed by atoms with E-state index in [1.54, 1.807) is 28.3 Å². The van der Waals surface area contributed by atoms with E-state index in [0.29, 0.717) is 55.0 Å². The minimum absolute atomic E-state index is 0.00849. The number of imidazole rings is 2. The zero-order valence-corrected chi connectivity index (χ0v) is 34.0. The first-order valence-electron chi connectivity index (χ1n) is 18.9. The van der Waals surface area contributed by atoms with Gasteiger partial charge in [0.15, 0.2) is 11.0 Å². The van der Waals surface area contributed by atoms with Crippen LogP contribution < -0.4 is 16.4 Å². The Morgan fingerprint density at radius 1 is 0.727 bits per heavy atom. The molecule has 4 aromatic heterocycles. The molecule has 4 aromatic rings. The van der Waals surface area contributed by atoms with Crippen LogP contribution in [0, 0.1) is 11.8 Å². The number of H-pyrrole nitrogens is 2. The van der Waals surface area contributed by atoms with E-state index < -0.39 is 19.1 Å². The fourth-order valence-corrected chi connectivity index (χ4v) is 8.75. The Hall–Kier alpha value is -3.27. The third kappa shape index (κ3) is 9.48. The molecule has 21 heteroatoms. The zero-order chi connectivity index (χ0) is 39.5. The largest absolute Gasteiger partial charge is 0.381 e. The third-order valence-electron chi connectivity index (χ3n) is 11.0. The van der Waals surface area contributed by atoms with Gasteiger partial charge < -0.3 is 24.8 Å². The molecule has 4 fully saturated rings. The van der Waals surface area contributed by atoms with Crippen LogP contribution in [0.5, 0.6) is 0 Å². The number of ether oxygens (including phenoxy) is 2. The predicted molar refractivity (Wildman–Crippen MR) is 206 cm³/mol. The molecule has 4 aliphatic rings. The van der Waals surface area contributed by atoms with Crippen LogP contribution in [0.25, 0.3) is 11.0 Å². The Balaban J connectivity index is 0.000000166. The van der Waals surface area contributed by atoms with Crippen LogP contribution in [0.3, 0.4) is 0 Å². The Morgan fingerprint density at radius 2 is 1.20 bits per heavy atom. The monoisotopic (exact) mass is 826 g/mol. The van der Waals surface area contributed by atoms with Gasteiger partial charge in [0.1, 0.15) is 23.3 Å². The summed E-state index contributed by atoms with van der Waals surface area (Å²) < 4.78 is 59.7. The molecule has 55 heavy (non-hydrogen) atoms. The molecule has 3 N–H and O–H groups in total. The van der Waals surface area contributed by atoms with Crippen molar-refractivity contribution in [2.45, 2.75) is 77.0 Å². The molecule has 4 aliphatic heterocycles. The van der Waals surface area contributed by atoms with Crippen molar-refractivity contribution < 1.29 is 26.3 Å². The SMILES string of the molecule is CC1CNCC1c1nn2c(C3CCOCC3)ncc2c(=O)[nH]1.CCS(=O)(=O)Cl.CCS(=O)(=O)N1CC(C)C(c2nn3c(C4CCOCC4)ncc3c(=O)[nH]2)C1. The van der Waals surface area contributed by atoms with E-state index in [1.165, 1.54) is 11.2 Å². The summed E-state index contributed by atoms with van der Waals surface area (Å²) in [6, 6.07) is 0. The molecule has 4 saturated heterocycles. The van der Waals surface area contributed by atoms with E-state index in [4.69, 9.17) is 14.6 Å². The van der Waals surface area contributed by atoms with Gasteiger partial charge in [0.25, 0.3) is 11.1 Å². The van der Waals surface area contributed by atoms with E-state index in [0.717, 1.165) is 69.5 Å². The van der Waals surface area contributed by atoms with Gasteiger partial charge in [-0.25, -0.2) is 40.1 Å². The Labute approximate surface area is 324 Å². The van der Waals surface area contributed by atoms with Gasteiger partial charge in [-0.05, 0) is 51.0 Å². The summed E-state index contributed by atoms with van der Waals surface area (Å²) >= 11 is 0. The highest BCUT2D eigenvalue weighted by molar-refractivity contribution is 8.13. The van der Waals surface area contributed by atoms with Gasteiger partial charge in [0.05, 0.1) is 23.9 Å². The lowest BCUT2D eigenvalue weighted by molar-refractivity contribution is 0.0831. The topological polar surface area (TPSA) is 228 Å². The second kappa shape index (κ2) is 17.5. The van der Waals surface area contributed by atoms with Gasteiger partial charge >= 0.3 is 0 Å². The first-order valence-corrected chi connectivity index (χ1v) is 23.0. The molecule has 0 amide bonds. The number of sulfonamides is 1. The van der Waals surface area contributed by atoms with Gasteiger partial charge in [0, 0.05) is 80.4 Å². The number of nitrogens with zero attached hydrogens (tertiary/aromatic N) is 7. The highest BCUT2D eigenvalue weighted by atomic mass is 35.7. The number of aromatic nitrogens is 8. The summed E-state index contributed by atoms with van der Waals surface area (Å²) in [6.07, 6.45) is 6.77. The molecule has 0 spiro atoms. The average molecular weight is 827 g/mol. The number of hydrogen-bond donors (Lipinski definition) is 3. The van der Waals surface area contributed by atoms with Gasteiger partial charge in [-0.2, -0.15) is 10.2 Å². The van der Waals surface area contributed by atoms with Crippen LogP contribution in [-0.4, -0.2) is 124 Å². The maximum Gasteiger partial charge on any atom is 0.276 e. The number of fused-ring (bicyclic) bond motifs is 2. The molecule has 0 aromatic carbocycles. The summed E-state index contributed by atoms with van der Waals surface area (Å²) in [6.45, 7) is 12.8. The van der Waals surface area contributed by atoms with Gasteiger partial charge in [-0.3, -0.25) is 9.59 Å². The van der Waals surface area contributed by atoms with E-state index in [2.05, 4.69) is 48.0 Å². The minimum atomic E-state index is -3.26. The van der Waals surface area contributed by atoms with Crippen molar-refractivity contribution in [3.63, 3.8) is 0 Å². The summed E-state index contributed by atoms with van der Waals surface area (Å²) in [5.74, 6) is 4.22. The molecular formula is C34H51ClN10O8S2. The lowest BCUT2D eigenvalue weighted by atomic mass is 9.97. The maximum atomic E-state index is 12.6. The van der Waals surface area contributed by atoms with Crippen LogP contribution >= 0.6 is 10.7 Å². The summed E-state index contributed by atoms with van der Waals surface area (Å²) in [4.78, 5) is 39.7. The molecule has 4 atom stereocenters. The van der Waals surface area contributed by atoms with Crippen molar-refractivity contribution in [2.24, 2.45) is 11.8 Å². The lowest BCUT2D eigenvalue weighted by Gasteiger charge is -2.21. The summed E-state index contributed by atoms with van der Waals surface area (Å²) in [5.41, 5.74) is 0.609. The predicted octanol–water partition coefficient (Wildman–Crippen LogP) is 1.91. The van der Waals surface area contributed by atoms with Crippen molar-refractivity contribution in [3.8, 4) is 0 Å². The van der Waals surface area contributed by atoms with E-state index in [9.17, 15) is 26.4 Å². The van der Waals surface area contributed by atoms with Crippen molar-refractivity contribution in [1.29, 1.82) is 0 Å². The number of hydrogen-bond acceptors (Lipinski definition) is 13. The van der Waals surface area contributed by atoms with E-state index in [-0.39, 0.29) is 46.3 Å². The quantitative estimate of drug-likeness (QED) is 0.227. The summed E-state index contributed by atoms with van der Waals surface area (Å²) in [7, 11) is -1.76. The number of aromatic amines is 2. The third-order valence-corrected chi connectivity index (χ3v) is 14.1. The molecule has 0 radical (unpaired) electrons. The molecular weight excluding hydrogens is 776 g/mol. The van der Waals surface area contributed by atoms with Crippen LogP contribution in [0.15, 0.2) is 22.0 Å². The van der Waals surface area contributed by atoms with Crippen LogP contribution in [-0.2, 0) is 28.5 Å². The molecule has 8 heterocycles. The molecule has 0 aliphatic carbocycles. The van der Waals surface area contributed by atoms with E-state index in [1.807, 2.05) is 6.92 Å². The van der Waals surface area contributed by atoms with Crippen LogP contribution in [0.1, 0.15) is 100 Å². The molecule has 0 bridgehead atoms. The van der Waals surface area contributed by atoms with E-state index >= 15 is 0 Å². The number of nitrogens with one attached hydrogen (secondary N) is 3. The first kappa shape index (κ1) is 41.4. The lowest BCUT2D eigenvalue weighted by Crippen LogP contribution is -2.30. The second-order valence-corrected chi connectivity index (χ2v) is 20.0. The molecule has 8 rings (SSSR count). The normalized spacial score (nSPS) is 24.5. The molecule has 0 saturated carbocycles. The van der Waals surface area contributed by atoms with Crippen molar-refractivity contribution in [2.75, 3.05) is 64.1 Å². The van der Waals surface area contributed by atoms with Crippen molar-refractivity contribution >= 4 is 40.8 Å². The molecule has 18 nitrogen and oxygen atoms in total. The Kier molecular flexibility index (Phi) is 13.1. The fourth-order valence-electron chi connectivity index (χ4n) is 7.53. The zero-order valence-electron chi connectivity index (χ0n) is 31.6. The van der Waals surface area contributed by atoms with Crippen LogP contribution in [0.2, 0.25) is 0 Å². The fraction of sp³-hybridized carbons (Fsp3) is 0.706. The maximum absolute atomic E-state index is 12.6. The van der Waals surface area contributed by atoms with Gasteiger partial charge in [-0.15, -0.1) is 0 Å². The summed E-state index contributed by atoms with van der Waals surface area (Å²) in [5, 5.41) is 12.8. The molecule has 304 valence electrons. The van der Waals surface area contributed by atoms with Gasteiger partial charge in [-0.1, -0.05) is 20.8 Å².